The molecule has 0 atom stereocenters. The summed E-state index contributed by atoms with van der Waals surface area (Å²) in [6.07, 6.45) is 1.98. The van der Waals surface area contributed by atoms with E-state index >= 15 is 0 Å². The van der Waals surface area contributed by atoms with E-state index in [1.807, 2.05) is 0 Å². The summed E-state index contributed by atoms with van der Waals surface area (Å²) in [7, 11) is 0. The van der Waals surface area contributed by atoms with Crippen LogP contribution in [-0.2, 0) is 12.8 Å². The predicted octanol–water partition coefficient (Wildman–Crippen LogP) is 3.19. The first-order valence-electron chi connectivity index (χ1n) is 6.47. The van der Waals surface area contributed by atoms with Crippen molar-refractivity contribution >= 4 is 11.3 Å². The van der Waals surface area contributed by atoms with Gasteiger partial charge in [-0.05, 0) is 19.0 Å². The highest BCUT2D eigenvalue weighted by atomic mass is 32.1. The van der Waals surface area contributed by atoms with Crippen LogP contribution in [0.1, 0.15) is 28.8 Å². The summed E-state index contributed by atoms with van der Waals surface area (Å²) in [4.78, 5) is 4.69. The largest absolute Gasteiger partial charge is 0.317 e. The molecule has 1 heterocycles. The minimum atomic E-state index is 0.952. The van der Waals surface area contributed by atoms with Gasteiger partial charge in [0.15, 0.2) is 0 Å². The van der Waals surface area contributed by atoms with E-state index in [0.29, 0.717) is 0 Å². The highest BCUT2D eigenvalue weighted by Crippen LogP contribution is 2.15. The van der Waals surface area contributed by atoms with Crippen LogP contribution in [0.15, 0.2) is 29.6 Å². The van der Waals surface area contributed by atoms with Crippen molar-refractivity contribution < 1.29 is 0 Å². The highest BCUT2D eigenvalue weighted by molar-refractivity contribution is 7.09. The van der Waals surface area contributed by atoms with Gasteiger partial charge in [-0.2, -0.15) is 0 Å². The Morgan fingerprint density at radius 1 is 1.33 bits per heavy atom. The van der Waals surface area contributed by atoms with Gasteiger partial charge >= 0.3 is 0 Å². The van der Waals surface area contributed by atoms with Gasteiger partial charge in [0.1, 0.15) is 0 Å². The molecule has 18 heavy (non-hydrogen) atoms. The molecule has 3 heteroatoms. The number of benzene rings is 1. The Morgan fingerprint density at radius 3 is 3.00 bits per heavy atom. The number of likely N-dealkylation sites (N-methyl/N-ethyl adjacent to an activating group) is 1. The highest BCUT2D eigenvalue weighted by Gasteiger charge is 2.03. The molecular formula is C15H20N2S. The van der Waals surface area contributed by atoms with Gasteiger partial charge in [-0.1, -0.05) is 36.8 Å². The Bertz CT molecular complexity index is 491. The second kappa shape index (κ2) is 6.66. The van der Waals surface area contributed by atoms with Crippen LogP contribution in [0.4, 0.5) is 0 Å². The van der Waals surface area contributed by atoms with Crippen LogP contribution < -0.4 is 5.32 Å². The van der Waals surface area contributed by atoms with Crippen molar-refractivity contribution in [2.75, 3.05) is 13.1 Å². The van der Waals surface area contributed by atoms with Gasteiger partial charge in [-0.25, -0.2) is 4.98 Å². The molecule has 0 saturated heterocycles. The molecule has 0 aliphatic carbocycles. The molecule has 2 rings (SSSR count). The lowest BCUT2D eigenvalue weighted by molar-refractivity contribution is 0.709. The van der Waals surface area contributed by atoms with E-state index in [4.69, 9.17) is 0 Å². The van der Waals surface area contributed by atoms with Crippen molar-refractivity contribution in [1.29, 1.82) is 0 Å². The number of thiazole rings is 1. The Hall–Kier alpha value is -1.19. The van der Waals surface area contributed by atoms with Crippen molar-refractivity contribution in [1.82, 2.24) is 10.3 Å². The van der Waals surface area contributed by atoms with Crippen LogP contribution in [0.3, 0.4) is 0 Å². The second-order valence-electron chi connectivity index (χ2n) is 4.50. The molecule has 0 fully saturated rings. The van der Waals surface area contributed by atoms with Gasteiger partial charge in [0.25, 0.3) is 0 Å². The molecule has 0 radical (unpaired) electrons. The summed E-state index contributed by atoms with van der Waals surface area (Å²) in [5, 5.41) is 6.73. The standard InChI is InChI=1S/C15H20N2S/c1-3-16-8-7-14-11-18-15(17-14)10-13-6-4-5-12(2)9-13/h4-6,9,11,16H,3,7-8,10H2,1-2H3. The molecule has 0 amide bonds. The van der Waals surface area contributed by atoms with Crippen LogP contribution in [-0.4, -0.2) is 18.1 Å². The third-order valence-electron chi connectivity index (χ3n) is 2.85. The molecule has 0 unspecified atom stereocenters. The van der Waals surface area contributed by atoms with Crippen LogP contribution >= 0.6 is 11.3 Å². The average Bonchev–Trinajstić information content (AvgIpc) is 2.77. The van der Waals surface area contributed by atoms with Crippen LogP contribution in [0, 0.1) is 6.92 Å². The van der Waals surface area contributed by atoms with Gasteiger partial charge in [-0.15, -0.1) is 11.3 Å². The average molecular weight is 260 g/mol. The van der Waals surface area contributed by atoms with Crippen LogP contribution in [0.2, 0.25) is 0 Å². The van der Waals surface area contributed by atoms with Crippen LogP contribution in [0.25, 0.3) is 0 Å². The van der Waals surface area contributed by atoms with Gasteiger partial charge in [0, 0.05) is 24.8 Å². The summed E-state index contributed by atoms with van der Waals surface area (Å²) in [6, 6.07) is 8.66. The van der Waals surface area contributed by atoms with Gasteiger partial charge in [0.05, 0.1) is 10.7 Å². The first-order valence-corrected chi connectivity index (χ1v) is 7.35. The molecule has 0 aliphatic rings. The summed E-state index contributed by atoms with van der Waals surface area (Å²) < 4.78 is 0. The molecular weight excluding hydrogens is 240 g/mol. The molecule has 0 bridgehead atoms. The molecule has 2 aromatic rings. The fourth-order valence-corrected chi connectivity index (χ4v) is 2.80. The Balaban J connectivity index is 1.94. The Labute approximate surface area is 113 Å². The monoisotopic (exact) mass is 260 g/mol. The van der Waals surface area contributed by atoms with Crippen molar-refractivity contribution in [3.63, 3.8) is 0 Å². The summed E-state index contributed by atoms with van der Waals surface area (Å²) in [5.74, 6) is 0. The molecule has 1 aromatic carbocycles. The first-order chi connectivity index (χ1) is 8.78. The number of rotatable bonds is 6. The fraction of sp³-hybridized carbons (Fsp3) is 0.400. The molecule has 0 spiro atoms. The predicted molar refractivity (Wildman–Crippen MR) is 78.3 cm³/mol. The number of hydrogen-bond donors (Lipinski definition) is 1. The number of aryl methyl sites for hydroxylation is 1. The van der Waals surface area contributed by atoms with E-state index in [9.17, 15) is 0 Å². The topological polar surface area (TPSA) is 24.9 Å². The number of hydrogen-bond acceptors (Lipinski definition) is 3. The van der Waals surface area contributed by atoms with Gasteiger partial charge < -0.3 is 5.32 Å². The second-order valence-corrected chi connectivity index (χ2v) is 5.44. The maximum atomic E-state index is 4.69. The third-order valence-corrected chi connectivity index (χ3v) is 3.74. The number of nitrogens with zero attached hydrogens (tertiary/aromatic N) is 1. The normalized spacial score (nSPS) is 10.8. The van der Waals surface area contributed by atoms with E-state index < -0.39 is 0 Å². The first kappa shape index (κ1) is 13.2. The van der Waals surface area contributed by atoms with E-state index in [1.165, 1.54) is 21.8 Å². The van der Waals surface area contributed by atoms with Crippen molar-refractivity contribution in [2.45, 2.75) is 26.7 Å². The van der Waals surface area contributed by atoms with E-state index in [2.05, 4.69) is 53.8 Å². The van der Waals surface area contributed by atoms with Crippen molar-refractivity contribution in [3.05, 3.63) is 51.5 Å². The summed E-state index contributed by atoms with van der Waals surface area (Å²) >= 11 is 1.77. The zero-order valence-electron chi connectivity index (χ0n) is 11.1. The van der Waals surface area contributed by atoms with Crippen LogP contribution in [0.5, 0.6) is 0 Å². The molecule has 96 valence electrons. The maximum Gasteiger partial charge on any atom is 0.0972 e. The zero-order chi connectivity index (χ0) is 12.8. The summed E-state index contributed by atoms with van der Waals surface area (Å²) in [6.45, 7) is 6.31. The molecule has 1 aromatic heterocycles. The van der Waals surface area contributed by atoms with Crippen molar-refractivity contribution in [2.24, 2.45) is 0 Å². The Morgan fingerprint density at radius 2 is 2.22 bits per heavy atom. The molecule has 0 aliphatic heterocycles. The minimum absolute atomic E-state index is 0.952. The minimum Gasteiger partial charge on any atom is -0.317 e. The van der Waals surface area contributed by atoms with Gasteiger partial charge in [0.2, 0.25) is 0 Å². The quantitative estimate of drug-likeness (QED) is 0.807. The summed E-state index contributed by atoms with van der Waals surface area (Å²) in [5.41, 5.74) is 3.88. The third kappa shape index (κ3) is 3.93. The van der Waals surface area contributed by atoms with Crippen molar-refractivity contribution in [3.8, 4) is 0 Å². The Kier molecular flexibility index (Phi) is 4.90. The number of nitrogens with one attached hydrogen (secondary N) is 1. The van der Waals surface area contributed by atoms with E-state index in [0.717, 1.165) is 25.9 Å². The number of aromatic nitrogens is 1. The smallest absolute Gasteiger partial charge is 0.0972 e. The van der Waals surface area contributed by atoms with Gasteiger partial charge in [-0.3, -0.25) is 0 Å². The lowest BCUT2D eigenvalue weighted by atomic mass is 10.1. The fourth-order valence-electron chi connectivity index (χ4n) is 1.93. The van der Waals surface area contributed by atoms with E-state index in [-0.39, 0.29) is 0 Å². The SMILES string of the molecule is CCNCCc1csc(Cc2cccc(C)c2)n1. The zero-order valence-corrected chi connectivity index (χ0v) is 11.9. The maximum absolute atomic E-state index is 4.69. The lowest BCUT2D eigenvalue weighted by Crippen LogP contribution is -2.16. The molecule has 2 nitrogen and oxygen atoms in total. The molecule has 0 saturated carbocycles. The van der Waals surface area contributed by atoms with E-state index in [1.54, 1.807) is 11.3 Å². The lowest BCUT2D eigenvalue weighted by Gasteiger charge is -2.00. The molecule has 1 N–H and O–H groups in total.